The molecule has 0 saturated carbocycles. The molecular formula is C33H45IN2O2. The summed E-state index contributed by atoms with van der Waals surface area (Å²) < 4.78 is 12.0. The summed E-state index contributed by atoms with van der Waals surface area (Å²) >= 11 is 2.38. The monoisotopic (exact) mass is 628 g/mol. The van der Waals surface area contributed by atoms with Crippen molar-refractivity contribution in [3.63, 3.8) is 0 Å². The number of hydrogen-bond acceptors (Lipinski definition) is 4. The lowest BCUT2D eigenvalue weighted by Gasteiger charge is -2.45. The Bertz CT molecular complexity index is 1120. The fourth-order valence-corrected chi connectivity index (χ4v) is 5.22. The summed E-state index contributed by atoms with van der Waals surface area (Å²) in [4.78, 5) is 5.18. The summed E-state index contributed by atoms with van der Waals surface area (Å²) in [6.45, 7) is 17.9. The first kappa shape index (κ1) is 30.3. The average molecular weight is 629 g/mol. The number of hydrogen-bond donors (Lipinski definition) is 0. The van der Waals surface area contributed by atoms with Crippen LogP contribution in [0.25, 0.3) is 0 Å². The highest BCUT2D eigenvalue weighted by molar-refractivity contribution is 14.1. The third-order valence-corrected chi connectivity index (χ3v) is 7.94. The van der Waals surface area contributed by atoms with Gasteiger partial charge in [0.15, 0.2) is 0 Å². The lowest BCUT2D eigenvalue weighted by atomic mass is 9.82. The van der Waals surface area contributed by atoms with Crippen LogP contribution in [0.5, 0.6) is 11.5 Å². The second kappa shape index (κ2) is 13.2. The molecule has 1 atom stereocenters. The fourth-order valence-electron chi connectivity index (χ4n) is 4.86. The van der Waals surface area contributed by atoms with Gasteiger partial charge in [-0.05, 0) is 100 Å². The van der Waals surface area contributed by atoms with Gasteiger partial charge in [-0.25, -0.2) is 0 Å². The molecule has 0 aliphatic carbocycles. The van der Waals surface area contributed by atoms with Crippen molar-refractivity contribution in [2.75, 3.05) is 32.2 Å². The van der Waals surface area contributed by atoms with Crippen molar-refractivity contribution in [1.82, 2.24) is 4.90 Å². The third-order valence-electron chi connectivity index (χ3n) is 7.22. The molecule has 0 aliphatic heterocycles. The molecule has 0 bridgehead atoms. The van der Waals surface area contributed by atoms with Gasteiger partial charge in [-0.1, -0.05) is 58.9 Å². The molecule has 3 aromatic carbocycles. The molecule has 3 rings (SSSR count). The number of nitrogens with zero attached hydrogens (tertiary/aromatic N) is 2. The topological polar surface area (TPSA) is 24.9 Å². The van der Waals surface area contributed by atoms with Crippen LogP contribution in [0.4, 0.5) is 5.69 Å². The van der Waals surface area contributed by atoms with E-state index in [-0.39, 0.29) is 10.8 Å². The molecule has 0 amide bonds. The van der Waals surface area contributed by atoms with E-state index in [1.54, 1.807) is 14.2 Å². The third kappa shape index (κ3) is 8.91. The molecule has 206 valence electrons. The summed E-state index contributed by atoms with van der Waals surface area (Å²) in [6.07, 6.45) is 0. The van der Waals surface area contributed by atoms with Crippen LogP contribution in [-0.4, -0.2) is 38.3 Å². The molecule has 4 nitrogen and oxygen atoms in total. The van der Waals surface area contributed by atoms with Crippen LogP contribution in [0.15, 0.2) is 72.8 Å². The quantitative estimate of drug-likeness (QED) is 0.189. The molecule has 38 heavy (non-hydrogen) atoms. The van der Waals surface area contributed by atoms with Crippen LogP contribution in [0.2, 0.25) is 0 Å². The van der Waals surface area contributed by atoms with E-state index in [2.05, 4.69) is 147 Å². The van der Waals surface area contributed by atoms with Crippen LogP contribution < -0.4 is 14.4 Å². The van der Waals surface area contributed by atoms with Crippen LogP contribution in [0.3, 0.4) is 0 Å². The van der Waals surface area contributed by atoms with E-state index in [0.29, 0.717) is 6.04 Å². The number of ether oxygens (including phenoxy) is 2. The first-order valence-electron chi connectivity index (χ1n) is 13.4. The van der Waals surface area contributed by atoms with E-state index in [1.807, 2.05) is 0 Å². The molecule has 0 radical (unpaired) electrons. The van der Waals surface area contributed by atoms with Gasteiger partial charge in [-0.2, -0.15) is 0 Å². The molecule has 5 heteroatoms. The van der Waals surface area contributed by atoms with Crippen LogP contribution in [0, 0.1) is 14.4 Å². The summed E-state index contributed by atoms with van der Waals surface area (Å²) in [5, 5.41) is 0. The van der Waals surface area contributed by atoms with Crippen molar-refractivity contribution in [3.8, 4) is 11.5 Å². The van der Waals surface area contributed by atoms with Gasteiger partial charge in [-0.15, -0.1) is 0 Å². The van der Waals surface area contributed by atoms with Crippen LogP contribution in [-0.2, 0) is 13.1 Å². The predicted molar refractivity (Wildman–Crippen MR) is 169 cm³/mol. The average Bonchev–Trinajstić information content (AvgIpc) is 2.88. The number of methoxy groups -OCH3 is 2. The molecule has 0 fully saturated rings. The van der Waals surface area contributed by atoms with Crippen molar-refractivity contribution in [1.29, 1.82) is 0 Å². The van der Waals surface area contributed by atoms with Crippen molar-refractivity contribution < 1.29 is 9.47 Å². The van der Waals surface area contributed by atoms with E-state index >= 15 is 0 Å². The van der Waals surface area contributed by atoms with E-state index in [4.69, 9.17) is 9.47 Å². The fraction of sp³-hybridized carbons (Fsp3) is 0.455. The Labute approximate surface area is 244 Å². The van der Waals surface area contributed by atoms with Crippen molar-refractivity contribution in [2.45, 2.75) is 60.7 Å². The molecule has 0 spiro atoms. The Morgan fingerprint density at radius 1 is 0.684 bits per heavy atom. The SMILES string of the molecule is COc1ccc(CN(CC(C)(C)C(C)N(Cc2ccc(OC)cc2)CC(C)(C)C)c2ccc(I)cc2)cc1. The van der Waals surface area contributed by atoms with Gasteiger partial charge in [-0.3, -0.25) is 4.90 Å². The number of benzene rings is 3. The minimum Gasteiger partial charge on any atom is -0.497 e. The molecule has 0 aromatic heterocycles. The smallest absolute Gasteiger partial charge is 0.118 e. The maximum Gasteiger partial charge on any atom is 0.118 e. The van der Waals surface area contributed by atoms with Gasteiger partial charge in [0.05, 0.1) is 14.2 Å². The summed E-state index contributed by atoms with van der Waals surface area (Å²) in [7, 11) is 3.43. The first-order chi connectivity index (χ1) is 17.9. The Morgan fingerprint density at radius 2 is 1.16 bits per heavy atom. The maximum absolute atomic E-state index is 5.38. The second-order valence-corrected chi connectivity index (χ2v) is 13.4. The van der Waals surface area contributed by atoms with E-state index < -0.39 is 0 Å². The standard InChI is InChI=1S/C33H45IN2O2/c1-25(35(23-32(2,3)4)21-26-9-17-30(37-7)18-10-26)33(5,6)24-36(29-15-13-28(34)14-16-29)22-27-11-19-31(38-8)20-12-27/h9-20,25H,21-24H2,1-8H3. The molecule has 0 aliphatic rings. The zero-order valence-corrected chi connectivity index (χ0v) is 26.6. The minimum absolute atomic E-state index is 0.0210. The van der Waals surface area contributed by atoms with Gasteiger partial charge < -0.3 is 14.4 Å². The largest absolute Gasteiger partial charge is 0.497 e. The second-order valence-electron chi connectivity index (χ2n) is 12.2. The Balaban J connectivity index is 1.87. The molecular weight excluding hydrogens is 583 g/mol. The first-order valence-corrected chi connectivity index (χ1v) is 14.5. The van der Waals surface area contributed by atoms with Gasteiger partial charge >= 0.3 is 0 Å². The van der Waals surface area contributed by atoms with Gasteiger partial charge in [0.1, 0.15) is 11.5 Å². The Hall–Kier alpha value is -2.25. The molecule has 0 N–H and O–H groups in total. The highest BCUT2D eigenvalue weighted by atomic mass is 127. The van der Waals surface area contributed by atoms with Gasteiger partial charge in [0.2, 0.25) is 0 Å². The Morgan fingerprint density at radius 3 is 1.61 bits per heavy atom. The van der Waals surface area contributed by atoms with Crippen molar-refractivity contribution in [2.24, 2.45) is 10.8 Å². The van der Waals surface area contributed by atoms with Crippen molar-refractivity contribution in [3.05, 3.63) is 87.5 Å². The predicted octanol–water partition coefficient (Wildman–Crippen LogP) is 8.28. The van der Waals surface area contributed by atoms with Gasteiger partial charge in [0, 0.05) is 41.5 Å². The molecule has 3 aromatic rings. The molecule has 1 unspecified atom stereocenters. The Kier molecular flexibility index (Phi) is 10.5. The van der Waals surface area contributed by atoms with Gasteiger partial charge in [0.25, 0.3) is 0 Å². The van der Waals surface area contributed by atoms with E-state index in [9.17, 15) is 0 Å². The number of anilines is 1. The van der Waals surface area contributed by atoms with Crippen LogP contribution in [0.1, 0.15) is 52.7 Å². The van der Waals surface area contributed by atoms with E-state index in [0.717, 1.165) is 37.7 Å². The molecule has 0 heterocycles. The summed E-state index contributed by atoms with van der Waals surface area (Å²) in [5.41, 5.74) is 4.05. The van der Waals surface area contributed by atoms with E-state index in [1.165, 1.54) is 20.4 Å². The normalized spacial score (nSPS) is 12.9. The molecule has 0 saturated heterocycles. The lowest BCUT2D eigenvalue weighted by Crippen LogP contribution is -2.50. The van der Waals surface area contributed by atoms with Crippen LogP contribution >= 0.6 is 22.6 Å². The van der Waals surface area contributed by atoms with Crippen molar-refractivity contribution >= 4 is 28.3 Å². The highest BCUT2D eigenvalue weighted by Gasteiger charge is 2.34. The number of rotatable bonds is 12. The summed E-state index contributed by atoms with van der Waals surface area (Å²) in [5.74, 6) is 1.79. The lowest BCUT2D eigenvalue weighted by molar-refractivity contribution is 0.0651. The minimum atomic E-state index is 0.0210. The summed E-state index contributed by atoms with van der Waals surface area (Å²) in [6, 6.07) is 26.2. The number of halogens is 1. The maximum atomic E-state index is 5.38. The highest BCUT2D eigenvalue weighted by Crippen LogP contribution is 2.33. The zero-order valence-electron chi connectivity index (χ0n) is 24.4. The zero-order chi connectivity index (χ0) is 27.9.